The Labute approximate surface area is 116 Å². The van der Waals surface area contributed by atoms with Crippen LogP contribution in [-0.4, -0.2) is 13.5 Å². The van der Waals surface area contributed by atoms with E-state index < -0.39 is 21.6 Å². The molecule has 2 rings (SSSR count). The highest BCUT2D eigenvalue weighted by molar-refractivity contribution is 7.92. The molecular weight excluding hydrogens is 281 g/mol. The van der Waals surface area contributed by atoms with E-state index in [1.54, 1.807) is 19.1 Å². The van der Waals surface area contributed by atoms with Gasteiger partial charge in [-0.25, -0.2) is 12.8 Å². The van der Waals surface area contributed by atoms with Gasteiger partial charge in [-0.15, -0.1) is 0 Å². The zero-order valence-corrected chi connectivity index (χ0v) is 11.8. The number of aryl methyl sites for hydroxylation is 2. The summed E-state index contributed by atoms with van der Waals surface area (Å²) in [6.07, 6.45) is 0. The number of phenolic OH excluding ortho intramolecular Hbond substituents is 1. The highest BCUT2D eigenvalue weighted by Gasteiger charge is 2.16. The number of anilines is 1. The summed E-state index contributed by atoms with van der Waals surface area (Å²) in [7, 11) is -3.77. The van der Waals surface area contributed by atoms with Gasteiger partial charge in [0, 0.05) is 6.07 Å². The molecule has 0 amide bonds. The van der Waals surface area contributed by atoms with Crippen LogP contribution in [0.4, 0.5) is 10.1 Å². The molecule has 106 valence electrons. The molecule has 2 N–H and O–H groups in total. The van der Waals surface area contributed by atoms with E-state index in [0.717, 1.165) is 17.7 Å². The third kappa shape index (κ3) is 2.91. The van der Waals surface area contributed by atoms with Crippen LogP contribution >= 0.6 is 0 Å². The molecular formula is C14H14FNO3S. The zero-order valence-electron chi connectivity index (χ0n) is 11.0. The van der Waals surface area contributed by atoms with E-state index in [1.807, 2.05) is 6.92 Å². The van der Waals surface area contributed by atoms with Gasteiger partial charge in [0.25, 0.3) is 10.0 Å². The highest BCUT2D eigenvalue weighted by Crippen LogP contribution is 2.26. The fourth-order valence-corrected chi connectivity index (χ4v) is 2.81. The highest BCUT2D eigenvalue weighted by atomic mass is 32.2. The molecule has 0 radical (unpaired) electrons. The summed E-state index contributed by atoms with van der Waals surface area (Å²) in [6.45, 7) is 3.40. The van der Waals surface area contributed by atoms with E-state index in [-0.39, 0.29) is 10.6 Å². The van der Waals surface area contributed by atoms with E-state index in [2.05, 4.69) is 4.72 Å². The maximum absolute atomic E-state index is 13.1. The normalized spacial score (nSPS) is 11.3. The summed E-state index contributed by atoms with van der Waals surface area (Å²) in [5, 5.41) is 9.32. The summed E-state index contributed by atoms with van der Waals surface area (Å²) >= 11 is 0. The lowest BCUT2D eigenvalue weighted by molar-refractivity contribution is 0.432. The van der Waals surface area contributed by atoms with Crippen molar-refractivity contribution in [1.82, 2.24) is 0 Å². The number of nitrogens with one attached hydrogen (secondary N) is 1. The molecule has 0 fully saturated rings. The molecule has 4 nitrogen and oxygen atoms in total. The van der Waals surface area contributed by atoms with Crippen LogP contribution in [0.1, 0.15) is 11.1 Å². The average Bonchev–Trinajstić information content (AvgIpc) is 2.36. The fourth-order valence-electron chi connectivity index (χ4n) is 1.69. The number of hydrogen-bond donors (Lipinski definition) is 2. The summed E-state index contributed by atoms with van der Waals surface area (Å²) in [5.74, 6) is -1.39. The molecule has 0 saturated heterocycles. The Morgan fingerprint density at radius 1 is 1.10 bits per heavy atom. The van der Waals surface area contributed by atoms with Gasteiger partial charge < -0.3 is 5.11 Å². The minimum atomic E-state index is -3.77. The molecule has 0 bridgehead atoms. The van der Waals surface area contributed by atoms with Crippen molar-refractivity contribution in [2.45, 2.75) is 18.7 Å². The third-order valence-electron chi connectivity index (χ3n) is 2.87. The second-order valence-corrected chi connectivity index (χ2v) is 6.22. The second kappa shape index (κ2) is 5.13. The number of aromatic hydroxyl groups is 1. The van der Waals surface area contributed by atoms with Gasteiger partial charge in [-0.2, -0.15) is 0 Å². The lowest BCUT2D eigenvalue weighted by Crippen LogP contribution is -2.13. The molecule has 6 heteroatoms. The Kier molecular flexibility index (Phi) is 3.67. The van der Waals surface area contributed by atoms with Crippen LogP contribution in [0.15, 0.2) is 41.3 Å². The van der Waals surface area contributed by atoms with E-state index in [4.69, 9.17) is 0 Å². The Bertz CT molecular complexity index is 740. The Hall–Kier alpha value is -2.08. The van der Waals surface area contributed by atoms with Crippen LogP contribution in [0.5, 0.6) is 5.75 Å². The molecule has 0 spiro atoms. The van der Waals surface area contributed by atoms with Crippen LogP contribution in [0, 0.1) is 19.7 Å². The molecule has 0 atom stereocenters. The van der Waals surface area contributed by atoms with Gasteiger partial charge in [-0.05, 0) is 37.6 Å². The first-order valence-electron chi connectivity index (χ1n) is 5.88. The Morgan fingerprint density at radius 2 is 1.70 bits per heavy atom. The molecule has 0 aliphatic carbocycles. The van der Waals surface area contributed by atoms with Gasteiger partial charge in [0.15, 0.2) is 11.6 Å². The SMILES string of the molecule is Cc1ccc(S(=O)(=O)Nc2cc(O)c(F)cc2C)cc1. The van der Waals surface area contributed by atoms with E-state index in [9.17, 15) is 17.9 Å². The van der Waals surface area contributed by atoms with Gasteiger partial charge >= 0.3 is 0 Å². The number of hydrogen-bond acceptors (Lipinski definition) is 3. The first kappa shape index (κ1) is 14.3. The molecule has 0 aliphatic heterocycles. The van der Waals surface area contributed by atoms with Crippen LogP contribution < -0.4 is 4.72 Å². The van der Waals surface area contributed by atoms with Crippen molar-refractivity contribution in [1.29, 1.82) is 0 Å². The first-order chi connectivity index (χ1) is 9.29. The van der Waals surface area contributed by atoms with Gasteiger partial charge in [-0.1, -0.05) is 17.7 Å². The van der Waals surface area contributed by atoms with Crippen LogP contribution in [0.3, 0.4) is 0 Å². The predicted octanol–water partition coefficient (Wildman–Crippen LogP) is 2.95. The van der Waals surface area contributed by atoms with Gasteiger partial charge in [0.1, 0.15) is 0 Å². The average molecular weight is 295 g/mol. The molecule has 0 aromatic heterocycles. The summed E-state index contributed by atoms with van der Waals surface area (Å²) < 4.78 is 39.8. The smallest absolute Gasteiger partial charge is 0.261 e. The molecule has 0 saturated carbocycles. The minimum absolute atomic E-state index is 0.103. The number of halogens is 1. The summed E-state index contributed by atoms with van der Waals surface area (Å²) in [4.78, 5) is 0.103. The lowest BCUT2D eigenvalue weighted by atomic mass is 10.2. The summed E-state index contributed by atoms with van der Waals surface area (Å²) in [5.41, 5.74) is 1.47. The maximum Gasteiger partial charge on any atom is 0.261 e. The number of benzene rings is 2. The minimum Gasteiger partial charge on any atom is -0.505 e. The van der Waals surface area contributed by atoms with Crippen LogP contribution in [-0.2, 0) is 10.0 Å². The molecule has 2 aromatic carbocycles. The zero-order chi connectivity index (χ0) is 14.9. The number of rotatable bonds is 3. The van der Waals surface area contributed by atoms with Gasteiger partial charge in [0.2, 0.25) is 0 Å². The molecule has 20 heavy (non-hydrogen) atoms. The quantitative estimate of drug-likeness (QED) is 0.915. The molecule has 0 heterocycles. The largest absolute Gasteiger partial charge is 0.505 e. The summed E-state index contributed by atoms with van der Waals surface area (Å²) in [6, 6.07) is 8.46. The predicted molar refractivity (Wildman–Crippen MR) is 74.8 cm³/mol. The van der Waals surface area contributed by atoms with Crippen molar-refractivity contribution >= 4 is 15.7 Å². The second-order valence-electron chi connectivity index (χ2n) is 4.54. The Balaban J connectivity index is 2.38. The van der Waals surface area contributed by atoms with Crippen molar-refractivity contribution < 1.29 is 17.9 Å². The maximum atomic E-state index is 13.1. The van der Waals surface area contributed by atoms with Gasteiger partial charge in [-0.3, -0.25) is 4.72 Å². The fraction of sp³-hybridized carbons (Fsp3) is 0.143. The third-order valence-corrected chi connectivity index (χ3v) is 4.25. The molecule has 0 aliphatic rings. The van der Waals surface area contributed by atoms with E-state index in [1.165, 1.54) is 12.1 Å². The van der Waals surface area contributed by atoms with Crippen LogP contribution in [0.25, 0.3) is 0 Å². The van der Waals surface area contributed by atoms with Crippen molar-refractivity contribution in [3.8, 4) is 5.75 Å². The number of sulfonamides is 1. The first-order valence-corrected chi connectivity index (χ1v) is 7.36. The monoisotopic (exact) mass is 295 g/mol. The van der Waals surface area contributed by atoms with E-state index in [0.29, 0.717) is 5.56 Å². The van der Waals surface area contributed by atoms with E-state index >= 15 is 0 Å². The molecule has 0 unspecified atom stereocenters. The van der Waals surface area contributed by atoms with Crippen molar-refractivity contribution in [2.75, 3.05) is 4.72 Å². The van der Waals surface area contributed by atoms with Crippen molar-refractivity contribution in [3.63, 3.8) is 0 Å². The topological polar surface area (TPSA) is 66.4 Å². The van der Waals surface area contributed by atoms with Crippen molar-refractivity contribution in [3.05, 3.63) is 53.3 Å². The molecule has 2 aromatic rings. The number of phenols is 1. The Morgan fingerprint density at radius 3 is 2.30 bits per heavy atom. The standard InChI is InChI=1S/C14H14FNO3S/c1-9-3-5-11(6-4-9)20(18,19)16-13-8-14(17)12(15)7-10(13)2/h3-8,16-17H,1-2H3. The lowest BCUT2D eigenvalue weighted by Gasteiger charge is -2.11. The van der Waals surface area contributed by atoms with Gasteiger partial charge in [0.05, 0.1) is 10.6 Å². The van der Waals surface area contributed by atoms with Crippen molar-refractivity contribution in [2.24, 2.45) is 0 Å². The van der Waals surface area contributed by atoms with Crippen LogP contribution in [0.2, 0.25) is 0 Å².